The molecule has 5 nitrogen and oxygen atoms in total. The molecular formula is C14H13BO5P. The van der Waals surface area contributed by atoms with Crippen LogP contribution >= 0.6 is 7.60 Å². The first-order chi connectivity index (χ1) is 10.0. The summed E-state index contributed by atoms with van der Waals surface area (Å²) < 4.78 is 22.1. The van der Waals surface area contributed by atoms with Crippen LogP contribution in [0.15, 0.2) is 48.5 Å². The monoisotopic (exact) mass is 303 g/mol. The van der Waals surface area contributed by atoms with Gasteiger partial charge in [-0.1, -0.05) is 24.3 Å². The number of fused-ring (bicyclic) bond motifs is 1. The van der Waals surface area contributed by atoms with Crippen molar-refractivity contribution >= 4 is 20.5 Å². The summed E-state index contributed by atoms with van der Waals surface area (Å²) in [6, 6.07) is 14.7. The van der Waals surface area contributed by atoms with Crippen molar-refractivity contribution in [3.63, 3.8) is 0 Å². The molecule has 1 aliphatic heterocycles. The number of benzene rings is 2. The van der Waals surface area contributed by atoms with E-state index < -0.39 is 13.7 Å². The van der Waals surface area contributed by atoms with Crippen molar-refractivity contribution in [1.82, 2.24) is 0 Å². The fourth-order valence-corrected chi connectivity index (χ4v) is 2.94. The molecule has 1 atom stereocenters. The summed E-state index contributed by atoms with van der Waals surface area (Å²) in [4.78, 5) is 18.1. The lowest BCUT2D eigenvalue weighted by Crippen LogP contribution is -2.11. The van der Waals surface area contributed by atoms with Crippen molar-refractivity contribution in [2.24, 2.45) is 0 Å². The highest BCUT2D eigenvalue weighted by Gasteiger charge is 2.30. The molecule has 2 aromatic rings. The van der Waals surface area contributed by atoms with Gasteiger partial charge >= 0.3 is 15.1 Å². The zero-order chi connectivity index (χ0) is 14.9. The normalized spacial score (nSPS) is 17.1. The Balaban J connectivity index is 1.79. The Morgan fingerprint density at radius 1 is 1.14 bits per heavy atom. The van der Waals surface area contributed by atoms with Crippen LogP contribution in [0.2, 0.25) is 0 Å². The van der Waals surface area contributed by atoms with Crippen LogP contribution < -0.4 is 10.2 Å². The highest BCUT2D eigenvalue weighted by atomic mass is 31.2. The van der Waals surface area contributed by atoms with Gasteiger partial charge in [-0.3, -0.25) is 4.57 Å². The first kappa shape index (κ1) is 14.4. The molecule has 107 valence electrons. The number of hydrogen-bond donors (Lipinski definition) is 2. The summed E-state index contributed by atoms with van der Waals surface area (Å²) in [5.41, 5.74) is 1.54. The lowest BCUT2D eigenvalue weighted by Gasteiger charge is -2.13. The highest BCUT2D eigenvalue weighted by Crippen LogP contribution is 2.41. The largest absolute Gasteiger partial charge is 0.457 e. The molecule has 2 N–H and O–H groups in total. The summed E-state index contributed by atoms with van der Waals surface area (Å²) in [6.07, 6.45) is -0.929. The predicted octanol–water partition coefficient (Wildman–Crippen LogP) is 1.97. The van der Waals surface area contributed by atoms with Crippen LogP contribution in [0.25, 0.3) is 0 Å². The van der Waals surface area contributed by atoms with Gasteiger partial charge in [0.15, 0.2) is 0 Å². The van der Waals surface area contributed by atoms with Crippen molar-refractivity contribution in [1.29, 1.82) is 0 Å². The number of rotatable bonds is 4. The van der Waals surface area contributed by atoms with Gasteiger partial charge in [-0.25, -0.2) is 0 Å². The van der Waals surface area contributed by atoms with Gasteiger partial charge in [0.2, 0.25) is 0 Å². The molecule has 1 aliphatic rings. The van der Waals surface area contributed by atoms with Crippen molar-refractivity contribution in [3.05, 3.63) is 54.1 Å². The van der Waals surface area contributed by atoms with Crippen LogP contribution in [-0.4, -0.2) is 23.4 Å². The Bertz CT molecular complexity index is 685. The fourth-order valence-electron chi connectivity index (χ4n) is 2.22. The summed E-state index contributed by atoms with van der Waals surface area (Å²) in [5.74, 6) is 1.37. The second-order valence-corrected chi connectivity index (χ2v) is 6.49. The van der Waals surface area contributed by atoms with Crippen LogP contribution in [0, 0.1) is 0 Å². The first-order valence-electron chi connectivity index (χ1n) is 6.41. The van der Waals surface area contributed by atoms with E-state index in [1.54, 1.807) is 18.2 Å². The Kier molecular flexibility index (Phi) is 3.87. The van der Waals surface area contributed by atoms with E-state index in [1.165, 1.54) is 7.48 Å². The molecule has 0 spiro atoms. The van der Waals surface area contributed by atoms with Crippen LogP contribution in [0.5, 0.6) is 11.5 Å². The Morgan fingerprint density at radius 2 is 1.90 bits per heavy atom. The van der Waals surface area contributed by atoms with E-state index in [4.69, 9.17) is 19.2 Å². The molecule has 1 heterocycles. The predicted molar refractivity (Wildman–Crippen MR) is 79.1 cm³/mol. The van der Waals surface area contributed by atoms with Crippen molar-refractivity contribution in [2.75, 3.05) is 6.16 Å². The first-order valence-corrected chi connectivity index (χ1v) is 8.21. The van der Waals surface area contributed by atoms with E-state index in [0.717, 1.165) is 16.8 Å². The number of hydrogen-bond acceptors (Lipinski definition) is 3. The Hall–Kier alpha value is -1.59. The summed E-state index contributed by atoms with van der Waals surface area (Å²) >= 11 is 0. The minimum absolute atomic E-state index is 0.324. The van der Waals surface area contributed by atoms with Gasteiger partial charge in [-0.15, -0.1) is 0 Å². The maximum atomic E-state index is 11.1. The topological polar surface area (TPSA) is 76.0 Å². The molecule has 0 saturated carbocycles. The molecule has 1 unspecified atom stereocenters. The quantitative estimate of drug-likeness (QED) is 0.667. The molecular weight excluding hydrogens is 290 g/mol. The van der Waals surface area contributed by atoms with Crippen LogP contribution in [0.4, 0.5) is 0 Å². The number of para-hydroxylation sites is 1. The average molecular weight is 303 g/mol. The molecule has 1 radical (unpaired) electrons. The maximum absolute atomic E-state index is 11.1. The van der Waals surface area contributed by atoms with E-state index in [1.807, 2.05) is 30.3 Å². The van der Waals surface area contributed by atoms with Gasteiger partial charge in [0.25, 0.3) is 0 Å². The van der Waals surface area contributed by atoms with E-state index in [0.29, 0.717) is 5.75 Å². The summed E-state index contributed by atoms with van der Waals surface area (Å²) in [7, 11) is -2.61. The van der Waals surface area contributed by atoms with E-state index >= 15 is 0 Å². The molecule has 0 aromatic heterocycles. The maximum Gasteiger partial charge on any atom is 0.331 e. The third-order valence-corrected chi connectivity index (χ3v) is 3.95. The smallest absolute Gasteiger partial charge is 0.331 e. The van der Waals surface area contributed by atoms with Crippen molar-refractivity contribution in [3.8, 4) is 11.5 Å². The van der Waals surface area contributed by atoms with Gasteiger partial charge in [0, 0.05) is 0 Å². The van der Waals surface area contributed by atoms with Crippen LogP contribution in [-0.2, 0) is 9.22 Å². The minimum atomic E-state index is -4.11. The zero-order valence-electron chi connectivity index (χ0n) is 11.0. The van der Waals surface area contributed by atoms with E-state index in [9.17, 15) is 4.57 Å². The van der Waals surface area contributed by atoms with Gasteiger partial charge in [-0.05, 0) is 35.3 Å². The minimum Gasteiger partial charge on any atom is -0.457 e. The lowest BCUT2D eigenvalue weighted by atomic mass is 9.86. The van der Waals surface area contributed by atoms with Gasteiger partial charge in [0.1, 0.15) is 11.5 Å². The average Bonchev–Trinajstić information content (AvgIpc) is 2.80. The lowest BCUT2D eigenvalue weighted by molar-refractivity contribution is 0.245. The van der Waals surface area contributed by atoms with E-state index in [-0.39, 0.29) is 6.16 Å². The highest BCUT2D eigenvalue weighted by molar-refractivity contribution is 7.51. The standard InChI is InChI=1S/C14H13BO5P/c16-21(17,18)9-14-12-7-6-11(8-13(12)15-20-14)19-10-4-2-1-3-5-10/h1-8,14H,9H2,(H2,16,17,18). The second-order valence-electron chi connectivity index (χ2n) is 4.80. The van der Waals surface area contributed by atoms with Crippen molar-refractivity contribution < 1.29 is 23.7 Å². The van der Waals surface area contributed by atoms with Gasteiger partial charge in [0.05, 0.1) is 12.3 Å². The molecule has 0 saturated heterocycles. The zero-order valence-corrected chi connectivity index (χ0v) is 11.9. The third kappa shape index (κ3) is 3.54. The second kappa shape index (κ2) is 5.66. The summed E-state index contributed by atoms with van der Waals surface area (Å²) in [6.45, 7) is 0. The van der Waals surface area contributed by atoms with Gasteiger partial charge < -0.3 is 19.2 Å². The molecule has 0 amide bonds. The molecule has 7 heteroatoms. The van der Waals surface area contributed by atoms with Crippen molar-refractivity contribution in [2.45, 2.75) is 6.10 Å². The molecule has 2 aromatic carbocycles. The fraction of sp³-hybridized carbons (Fsp3) is 0.143. The summed E-state index contributed by atoms with van der Waals surface area (Å²) in [5, 5.41) is 0. The Morgan fingerprint density at radius 3 is 2.62 bits per heavy atom. The SMILES string of the molecule is O=P(O)(O)CC1O[B]c2cc(Oc3ccccc3)ccc21. The molecule has 3 rings (SSSR count). The number of ether oxygens (including phenoxy) is 1. The molecule has 21 heavy (non-hydrogen) atoms. The van der Waals surface area contributed by atoms with Gasteiger partial charge in [-0.2, -0.15) is 0 Å². The van der Waals surface area contributed by atoms with E-state index in [2.05, 4.69) is 0 Å². The third-order valence-electron chi connectivity index (χ3n) is 3.15. The molecule has 0 bridgehead atoms. The van der Waals surface area contributed by atoms with Crippen LogP contribution in [0.3, 0.4) is 0 Å². The van der Waals surface area contributed by atoms with Crippen LogP contribution in [0.1, 0.15) is 11.7 Å². The Labute approximate surface area is 123 Å². The molecule has 0 fully saturated rings. The molecule has 0 aliphatic carbocycles.